The number of anilines is 1. The highest BCUT2D eigenvalue weighted by atomic mass is 19.1. The van der Waals surface area contributed by atoms with Gasteiger partial charge in [0.1, 0.15) is 11.9 Å². The second-order valence-electron chi connectivity index (χ2n) is 6.13. The molecule has 5 nitrogen and oxygen atoms in total. The molecule has 3 N–H and O–H groups in total. The fraction of sp³-hybridized carbons (Fsp3) is 0.529. The molecule has 6 heteroatoms. The van der Waals surface area contributed by atoms with E-state index >= 15 is 0 Å². The van der Waals surface area contributed by atoms with Crippen molar-refractivity contribution in [1.82, 2.24) is 10.6 Å². The van der Waals surface area contributed by atoms with Crippen molar-refractivity contribution in [1.29, 1.82) is 0 Å². The summed E-state index contributed by atoms with van der Waals surface area (Å²) in [5, 5.41) is 8.04. The first-order valence-electron chi connectivity index (χ1n) is 8.10. The van der Waals surface area contributed by atoms with E-state index in [0.29, 0.717) is 11.3 Å². The number of hydrogen-bond acceptors (Lipinski definition) is 3. The number of carbonyl (C=O) groups is 2. The van der Waals surface area contributed by atoms with Crippen molar-refractivity contribution in [2.45, 2.75) is 58.0 Å². The van der Waals surface area contributed by atoms with Gasteiger partial charge >= 0.3 is 6.03 Å². The Kier molecular flexibility index (Phi) is 5.96. The summed E-state index contributed by atoms with van der Waals surface area (Å²) in [6.45, 7) is 3.30. The molecule has 1 atom stereocenters. The lowest BCUT2D eigenvalue weighted by atomic mass is 9.96. The van der Waals surface area contributed by atoms with E-state index in [1.807, 2.05) is 0 Å². The van der Waals surface area contributed by atoms with Crippen LogP contribution in [0.3, 0.4) is 0 Å². The van der Waals surface area contributed by atoms with E-state index < -0.39 is 18.0 Å². The van der Waals surface area contributed by atoms with Crippen LogP contribution in [0.5, 0.6) is 0 Å². The largest absolute Gasteiger partial charge is 0.374 e. The molecule has 0 heterocycles. The number of rotatable bonds is 4. The molecule has 0 radical (unpaired) electrons. The van der Waals surface area contributed by atoms with Crippen LogP contribution in [0.15, 0.2) is 18.2 Å². The summed E-state index contributed by atoms with van der Waals surface area (Å²) in [6.07, 6.45) is 5.33. The van der Waals surface area contributed by atoms with E-state index in [2.05, 4.69) is 16.0 Å². The number of hydrogen-bond donors (Lipinski definition) is 3. The first kappa shape index (κ1) is 17.2. The van der Waals surface area contributed by atoms with Gasteiger partial charge in [0.2, 0.25) is 5.91 Å². The lowest BCUT2D eigenvalue weighted by Gasteiger charge is -2.23. The number of halogens is 1. The molecule has 1 aromatic rings. The van der Waals surface area contributed by atoms with Crippen LogP contribution >= 0.6 is 0 Å². The van der Waals surface area contributed by atoms with Gasteiger partial charge in [-0.15, -0.1) is 0 Å². The summed E-state index contributed by atoms with van der Waals surface area (Å²) in [5.41, 5.74) is 1.04. The van der Waals surface area contributed by atoms with E-state index in [9.17, 15) is 14.0 Å². The normalized spacial score (nSPS) is 16.5. The molecule has 0 spiro atoms. The maximum Gasteiger partial charge on any atom is 0.321 e. The van der Waals surface area contributed by atoms with Crippen molar-refractivity contribution in [3.05, 3.63) is 29.6 Å². The average Bonchev–Trinajstić information content (AvgIpc) is 2.51. The highest BCUT2D eigenvalue weighted by Crippen LogP contribution is 2.17. The van der Waals surface area contributed by atoms with Gasteiger partial charge in [0.25, 0.3) is 0 Å². The van der Waals surface area contributed by atoms with E-state index in [1.165, 1.54) is 12.5 Å². The third-order valence-corrected chi connectivity index (χ3v) is 4.13. The Labute approximate surface area is 136 Å². The minimum absolute atomic E-state index is 0.144. The number of carbonyl (C=O) groups excluding carboxylic acids is 2. The summed E-state index contributed by atoms with van der Waals surface area (Å²) < 4.78 is 13.5. The Morgan fingerprint density at radius 2 is 1.91 bits per heavy atom. The van der Waals surface area contributed by atoms with Gasteiger partial charge in [-0.2, -0.15) is 0 Å². The van der Waals surface area contributed by atoms with Gasteiger partial charge in [0, 0.05) is 11.7 Å². The maximum atomic E-state index is 13.5. The molecule has 1 aromatic carbocycles. The Bertz CT molecular complexity index is 571. The lowest BCUT2D eigenvalue weighted by molar-refractivity contribution is -0.120. The second-order valence-corrected chi connectivity index (χ2v) is 6.13. The zero-order chi connectivity index (χ0) is 16.8. The third kappa shape index (κ3) is 5.23. The summed E-state index contributed by atoms with van der Waals surface area (Å²) in [4.78, 5) is 23.9. The van der Waals surface area contributed by atoms with Gasteiger partial charge in [-0.05, 0) is 44.4 Å². The van der Waals surface area contributed by atoms with Crippen molar-refractivity contribution in [2.75, 3.05) is 5.32 Å². The summed E-state index contributed by atoms with van der Waals surface area (Å²) in [6, 6.07) is 3.70. The highest BCUT2D eigenvalue weighted by molar-refractivity contribution is 5.98. The zero-order valence-electron chi connectivity index (χ0n) is 13.6. The van der Waals surface area contributed by atoms with Crippen molar-refractivity contribution in [3.8, 4) is 0 Å². The van der Waals surface area contributed by atoms with Crippen LogP contribution in [0, 0.1) is 12.7 Å². The Hall–Kier alpha value is -2.11. The zero-order valence-corrected chi connectivity index (χ0v) is 13.6. The predicted molar refractivity (Wildman–Crippen MR) is 87.8 cm³/mol. The van der Waals surface area contributed by atoms with Crippen molar-refractivity contribution in [2.24, 2.45) is 0 Å². The van der Waals surface area contributed by atoms with Gasteiger partial charge in [0.05, 0.1) is 0 Å². The van der Waals surface area contributed by atoms with Crippen LogP contribution in [-0.2, 0) is 4.79 Å². The van der Waals surface area contributed by atoms with Crippen LogP contribution in [0.4, 0.5) is 14.9 Å². The van der Waals surface area contributed by atoms with Crippen LogP contribution in [0.1, 0.15) is 44.6 Å². The molecular weight excluding hydrogens is 297 g/mol. The third-order valence-electron chi connectivity index (χ3n) is 4.13. The quantitative estimate of drug-likeness (QED) is 0.798. The molecule has 23 heavy (non-hydrogen) atoms. The standard InChI is InChI=1S/C17H24FN3O2/c1-11-8-9-14(10-15(11)18)19-12(2)16(22)21-17(23)20-13-6-4-3-5-7-13/h8-10,12-13,19H,3-7H2,1-2H3,(H2,20,21,22,23). The fourth-order valence-electron chi connectivity index (χ4n) is 2.69. The Morgan fingerprint density at radius 1 is 1.22 bits per heavy atom. The molecule has 0 aromatic heterocycles. The number of nitrogens with one attached hydrogen (secondary N) is 3. The van der Waals surface area contributed by atoms with Crippen LogP contribution in [0.25, 0.3) is 0 Å². The summed E-state index contributed by atoms with van der Waals surface area (Å²) >= 11 is 0. The van der Waals surface area contributed by atoms with Crippen LogP contribution < -0.4 is 16.0 Å². The second kappa shape index (κ2) is 7.94. The molecule has 126 valence electrons. The topological polar surface area (TPSA) is 70.2 Å². The fourth-order valence-corrected chi connectivity index (χ4v) is 2.69. The van der Waals surface area contributed by atoms with Crippen LogP contribution in [-0.4, -0.2) is 24.0 Å². The minimum atomic E-state index is -0.644. The van der Waals surface area contributed by atoms with Gasteiger partial charge in [-0.3, -0.25) is 10.1 Å². The summed E-state index contributed by atoms with van der Waals surface area (Å²) in [5.74, 6) is -0.781. The predicted octanol–water partition coefficient (Wildman–Crippen LogP) is 3.09. The maximum absolute atomic E-state index is 13.5. The van der Waals surface area contributed by atoms with E-state index in [4.69, 9.17) is 0 Å². The van der Waals surface area contributed by atoms with Gasteiger partial charge in [-0.25, -0.2) is 9.18 Å². The Morgan fingerprint density at radius 3 is 2.57 bits per heavy atom. The molecular formula is C17H24FN3O2. The number of imide groups is 1. The number of benzene rings is 1. The monoisotopic (exact) mass is 321 g/mol. The first-order valence-corrected chi connectivity index (χ1v) is 8.10. The SMILES string of the molecule is Cc1ccc(NC(C)C(=O)NC(=O)NC2CCCCC2)cc1F. The number of aryl methyl sites for hydroxylation is 1. The number of amides is 3. The minimum Gasteiger partial charge on any atom is -0.374 e. The average molecular weight is 321 g/mol. The smallest absolute Gasteiger partial charge is 0.321 e. The summed E-state index contributed by atoms with van der Waals surface area (Å²) in [7, 11) is 0. The number of urea groups is 1. The highest BCUT2D eigenvalue weighted by Gasteiger charge is 2.19. The van der Waals surface area contributed by atoms with Crippen molar-refractivity contribution < 1.29 is 14.0 Å². The van der Waals surface area contributed by atoms with Crippen molar-refractivity contribution in [3.63, 3.8) is 0 Å². The lowest BCUT2D eigenvalue weighted by Crippen LogP contribution is -2.49. The van der Waals surface area contributed by atoms with E-state index in [-0.39, 0.29) is 11.9 Å². The van der Waals surface area contributed by atoms with Crippen molar-refractivity contribution >= 4 is 17.6 Å². The molecule has 1 fully saturated rings. The molecule has 0 bridgehead atoms. The van der Waals surface area contributed by atoms with E-state index in [0.717, 1.165) is 25.7 Å². The van der Waals surface area contributed by atoms with Gasteiger partial charge < -0.3 is 10.6 Å². The molecule has 0 saturated heterocycles. The Balaban J connectivity index is 1.81. The molecule has 2 rings (SSSR count). The molecule has 1 unspecified atom stereocenters. The van der Waals surface area contributed by atoms with Gasteiger partial charge in [0.15, 0.2) is 0 Å². The molecule has 1 saturated carbocycles. The molecule has 3 amide bonds. The molecule has 0 aliphatic heterocycles. The molecule has 1 aliphatic carbocycles. The van der Waals surface area contributed by atoms with Gasteiger partial charge in [-0.1, -0.05) is 25.3 Å². The van der Waals surface area contributed by atoms with Crippen LogP contribution in [0.2, 0.25) is 0 Å². The first-order chi connectivity index (χ1) is 11.0. The van der Waals surface area contributed by atoms with E-state index in [1.54, 1.807) is 26.0 Å². The molecule has 1 aliphatic rings.